The largest absolute Gasteiger partial charge is 1.00 e. The second kappa shape index (κ2) is 10.3. The molecule has 1 aliphatic heterocycles. The predicted molar refractivity (Wildman–Crippen MR) is 111 cm³/mol. The van der Waals surface area contributed by atoms with E-state index in [0.29, 0.717) is 36.6 Å². The van der Waals surface area contributed by atoms with Crippen LogP contribution in [0.15, 0.2) is 48.7 Å². The first-order valence-corrected chi connectivity index (χ1v) is 10.1. The van der Waals surface area contributed by atoms with Crippen molar-refractivity contribution in [1.29, 1.82) is 5.26 Å². The van der Waals surface area contributed by atoms with Crippen molar-refractivity contribution in [3.05, 3.63) is 59.8 Å². The minimum atomic E-state index is -0.974. The van der Waals surface area contributed by atoms with Gasteiger partial charge in [0, 0.05) is 37.1 Å². The van der Waals surface area contributed by atoms with Gasteiger partial charge in [-0.3, -0.25) is 4.90 Å². The van der Waals surface area contributed by atoms with E-state index in [9.17, 15) is 15.2 Å². The Balaban J connectivity index is 0.00000289. The molecule has 2 aromatic carbocycles. The molecule has 0 spiro atoms. The Hall–Kier alpha value is -2.70. The Bertz CT molecular complexity index is 1130. The van der Waals surface area contributed by atoms with Crippen LogP contribution in [0.2, 0.25) is 0 Å². The van der Waals surface area contributed by atoms with Crippen molar-refractivity contribution in [3.8, 4) is 28.8 Å². The van der Waals surface area contributed by atoms with Gasteiger partial charge in [0.15, 0.2) is 0 Å². The number of ether oxygens (including phenoxy) is 1. The van der Waals surface area contributed by atoms with Gasteiger partial charge in [0.2, 0.25) is 0 Å². The van der Waals surface area contributed by atoms with Crippen molar-refractivity contribution < 1.29 is 44.2 Å². The van der Waals surface area contributed by atoms with Crippen LogP contribution in [0.3, 0.4) is 0 Å². The SMILES string of the molecule is CC(C)Oc1ccc(-c2cn(-c3ccc(CN4CC(C(=O)[O-])C4)cc3)nn2)cc1C#N.[Na+]. The van der Waals surface area contributed by atoms with E-state index in [0.717, 1.165) is 16.8 Å². The van der Waals surface area contributed by atoms with Gasteiger partial charge in [0.05, 0.1) is 23.6 Å². The molecular weight excluding hydrogens is 417 g/mol. The number of aliphatic carboxylic acids is 1. The molecule has 1 aromatic heterocycles. The standard InChI is InChI=1S/C23H23N5O3.Na/c1-15(2)31-22-8-5-17(9-18(22)10-24)21-14-28(26-25-21)20-6-3-16(4-7-20)11-27-12-19(13-27)23(29)30;/h3-9,14-15,19H,11-13H2,1-2H3,(H,29,30);/q;+1/p-1. The minimum absolute atomic E-state index is 0. The molecule has 0 unspecified atom stereocenters. The quantitative estimate of drug-likeness (QED) is 0.425. The zero-order valence-electron chi connectivity index (χ0n) is 18.4. The van der Waals surface area contributed by atoms with Crippen LogP contribution < -0.4 is 39.4 Å². The second-order valence-corrected chi connectivity index (χ2v) is 7.91. The number of hydrogen-bond donors (Lipinski definition) is 0. The number of rotatable bonds is 7. The van der Waals surface area contributed by atoms with Crippen LogP contribution in [0.1, 0.15) is 25.0 Å². The summed E-state index contributed by atoms with van der Waals surface area (Å²) in [6, 6.07) is 15.5. The number of likely N-dealkylation sites (tertiary alicyclic amines) is 1. The van der Waals surface area contributed by atoms with Crippen LogP contribution in [0.5, 0.6) is 5.75 Å². The molecule has 3 aromatic rings. The van der Waals surface area contributed by atoms with Crippen LogP contribution in [0.4, 0.5) is 0 Å². The molecule has 32 heavy (non-hydrogen) atoms. The normalized spacial score (nSPS) is 13.8. The Labute approximate surface area is 208 Å². The number of carbonyl (C=O) groups is 1. The summed E-state index contributed by atoms with van der Waals surface area (Å²) in [4.78, 5) is 12.9. The maximum atomic E-state index is 10.8. The van der Waals surface area contributed by atoms with Crippen molar-refractivity contribution in [2.75, 3.05) is 13.1 Å². The molecule has 0 aliphatic carbocycles. The van der Waals surface area contributed by atoms with Gasteiger partial charge < -0.3 is 14.6 Å². The van der Waals surface area contributed by atoms with Gasteiger partial charge in [0.1, 0.15) is 17.5 Å². The number of nitriles is 1. The van der Waals surface area contributed by atoms with Gasteiger partial charge in [-0.2, -0.15) is 5.26 Å². The molecule has 2 heterocycles. The van der Waals surface area contributed by atoms with Crippen LogP contribution in [0, 0.1) is 17.2 Å². The number of carboxylic acids is 1. The fourth-order valence-electron chi connectivity index (χ4n) is 3.52. The van der Waals surface area contributed by atoms with Crippen molar-refractivity contribution in [1.82, 2.24) is 19.9 Å². The third-order valence-corrected chi connectivity index (χ3v) is 5.15. The van der Waals surface area contributed by atoms with E-state index in [1.807, 2.05) is 50.4 Å². The Morgan fingerprint density at radius 3 is 2.59 bits per heavy atom. The van der Waals surface area contributed by atoms with Crippen LogP contribution in [0.25, 0.3) is 16.9 Å². The summed E-state index contributed by atoms with van der Waals surface area (Å²) in [6.07, 6.45) is 1.80. The van der Waals surface area contributed by atoms with Gasteiger partial charge in [-0.25, -0.2) is 4.68 Å². The van der Waals surface area contributed by atoms with Gasteiger partial charge >= 0.3 is 29.6 Å². The summed E-state index contributed by atoms with van der Waals surface area (Å²) in [5, 5.41) is 28.7. The van der Waals surface area contributed by atoms with E-state index in [1.165, 1.54) is 0 Å². The topological polar surface area (TPSA) is 107 Å². The first-order chi connectivity index (χ1) is 14.9. The Kier molecular flexibility index (Phi) is 7.69. The van der Waals surface area contributed by atoms with Crippen molar-refractivity contribution in [2.45, 2.75) is 26.5 Å². The molecule has 8 nitrogen and oxygen atoms in total. The first-order valence-electron chi connectivity index (χ1n) is 10.1. The Morgan fingerprint density at radius 2 is 1.97 bits per heavy atom. The summed E-state index contributed by atoms with van der Waals surface area (Å²) in [6.45, 7) is 5.60. The average molecular weight is 439 g/mol. The van der Waals surface area contributed by atoms with Crippen LogP contribution in [-0.2, 0) is 11.3 Å². The molecule has 1 fully saturated rings. The fourth-order valence-corrected chi connectivity index (χ4v) is 3.52. The maximum absolute atomic E-state index is 10.8. The summed E-state index contributed by atoms with van der Waals surface area (Å²) in [5.74, 6) is -0.782. The monoisotopic (exact) mass is 439 g/mol. The molecule has 158 valence electrons. The number of benzene rings is 2. The molecular formula is C23H22N5NaO3. The number of nitrogens with zero attached hydrogens (tertiary/aromatic N) is 5. The summed E-state index contributed by atoms with van der Waals surface area (Å²) in [5.41, 5.74) is 3.86. The smallest absolute Gasteiger partial charge is 0.550 e. The maximum Gasteiger partial charge on any atom is 1.00 e. The molecule has 0 radical (unpaired) electrons. The molecule has 4 rings (SSSR count). The van der Waals surface area contributed by atoms with Crippen LogP contribution >= 0.6 is 0 Å². The van der Waals surface area contributed by atoms with E-state index in [-0.39, 0.29) is 41.6 Å². The van der Waals surface area contributed by atoms with Gasteiger partial charge in [-0.05, 0) is 49.7 Å². The molecule has 0 saturated carbocycles. The molecule has 0 bridgehead atoms. The van der Waals surface area contributed by atoms with E-state index in [1.54, 1.807) is 16.8 Å². The Morgan fingerprint density at radius 1 is 1.25 bits per heavy atom. The zero-order chi connectivity index (χ0) is 22.0. The third kappa shape index (κ3) is 5.37. The van der Waals surface area contributed by atoms with Gasteiger partial charge in [-0.1, -0.05) is 17.3 Å². The predicted octanol–water partition coefficient (Wildman–Crippen LogP) is -1.22. The summed E-state index contributed by atoms with van der Waals surface area (Å²) >= 11 is 0. The minimum Gasteiger partial charge on any atom is -0.550 e. The fraction of sp³-hybridized carbons (Fsp3) is 0.304. The zero-order valence-corrected chi connectivity index (χ0v) is 20.4. The molecule has 0 amide bonds. The van der Waals surface area contributed by atoms with Crippen LogP contribution in [-0.4, -0.2) is 45.1 Å². The molecule has 1 aliphatic rings. The number of carbonyl (C=O) groups excluding carboxylic acids is 1. The number of aromatic nitrogens is 3. The summed E-state index contributed by atoms with van der Waals surface area (Å²) in [7, 11) is 0. The van der Waals surface area contributed by atoms with E-state index in [4.69, 9.17) is 4.74 Å². The van der Waals surface area contributed by atoms with Gasteiger partial charge in [0.25, 0.3) is 0 Å². The molecule has 9 heteroatoms. The van der Waals surface area contributed by atoms with E-state index >= 15 is 0 Å². The number of carboxylic acid groups (broad SMARTS) is 1. The van der Waals surface area contributed by atoms with Crippen molar-refractivity contribution in [3.63, 3.8) is 0 Å². The third-order valence-electron chi connectivity index (χ3n) is 5.15. The van der Waals surface area contributed by atoms with E-state index < -0.39 is 5.97 Å². The van der Waals surface area contributed by atoms with E-state index in [2.05, 4.69) is 21.3 Å². The van der Waals surface area contributed by atoms with Crippen molar-refractivity contribution in [2.24, 2.45) is 5.92 Å². The second-order valence-electron chi connectivity index (χ2n) is 7.91. The number of hydrogen-bond acceptors (Lipinski definition) is 7. The molecule has 1 saturated heterocycles. The molecule has 0 N–H and O–H groups in total. The first kappa shape index (κ1) is 24.0. The summed E-state index contributed by atoms with van der Waals surface area (Å²) < 4.78 is 7.35. The van der Waals surface area contributed by atoms with Crippen molar-refractivity contribution >= 4 is 5.97 Å². The van der Waals surface area contributed by atoms with Gasteiger partial charge in [-0.15, -0.1) is 5.10 Å². The molecule has 0 atom stereocenters. The average Bonchev–Trinajstić information content (AvgIpc) is 3.20.